The molecule has 158 valence electrons. The minimum atomic E-state index is -0.562. The SMILES string of the molecule is COc1cccc(Cn2c(=O)c3sccc3n(CC(=O)Nc3ccccc3Cl)c2=O)c1. The molecule has 1 N–H and O–H groups in total. The number of nitrogens with one attached hydrogen (secondary N) is 1. The number of rotatable bonds is 6. The fourth-order valence-electron chi connectivity index (χ4n) is 3.27. The summed E-state index contributed by atoms with van der Waals surface area (Å²) in [4.78, 5) is 38.8. The van der Waals surface area contributed by atoms with Gasteiger partial charge in [0, 0.05) is 0 Å². The first-order chi connectivity index (χ1) is 15.0. The monoisotopic (exact) mass is 455 g/mol. The predicted octanol–water partition coefficient (Wildman–Crippen LogP) is 3.57. The number of anilines is 1. The Balaban J connectivity index is 1.72. The Labute approximate surface area is 186 Å². The van der Waals surface area contributed by atoms with Gasteiger partial charge in [0.05, 0.1) is 29.9 Å². The van der Waals surface area contributed by atoms with Crippen molar-refractivity contribution in [3.8, 4) is 5.75 Å². The molecule has 1 amide bonds. The van der Waals surface area contributed by atoms with Gasteiger partial charge in [-0.25, -0.2) is 4.79 Å². The molecule has 0 saturated carbocycles. The van der Waals surface area contributed by atoms with Crippen LogP contribution < -0.4 is 21.3 Å². The topological polar surface area (TPSA) is 82.3 Å². The van der Waals surface area contributed by atoms with E-state index in [9.17, 15) is 14.4 Å². The molecule has 9 heteroatoms. The number of aromatic nitrogens is 2. The first kappa shape index (κ1) is 20.9. The number of fused-ring (bicyclic) bond motifs is 1. The fraction of sp³-hybridized carbons (Fsp3) is 0.136. The molecule has 0 unspecified atom stereocenters. The largest absolute Gasteiger partial charge is 0.497 e. The zero-order valence-corrected chi connectivity index (χ0v) is 18.1. The molecule has 7 nitrogen and oxygen atoms in total. The molecule has 2 aromatic carbocycles. The van der Waals surface area contributed by atoms with Crippen LogP contribution in [0.5, 0.6) is 5.75 Å². The van der Waals surface area contributed by atoms with Gasteiger partial charge in [0.25, 0.3) is 5.56 Å². The maximum Gasteiger partial charge on any atom is 0.332 e. The maximum atomic E-state index is 13.2. The molecule has 0 saturated heterocycles. The highest BCUT2D eigenvalue weighted by molar-refractivity contribution is 7.17. The second kappa shape index (κ2) is 8.79. The van der Waals surface area contributed by atoms with E-state index >= 15 is 0 Å². The van der Waals surface area contributed by atoms with Crippen molar-refractivity contribution >= 4 is 44.7 Å². The summed E-state index contributed by atoms with van der Waals surface area (Å²) in [6.45, 7) is -0.190. The molecule has 0 atom stereocenters. The van der Waals surface area contributed by atoms with Crippen LogP contribution in [0, 0.1) is 0 Å². The Bertz CT molecular complexity index is 1390. The van der Waals surface area contributed by atoms with Crippen LogP contribution in [-0.4, -0.2) is 22.2 Å². The summed E-state index contributed by atoms with van der Waals surface area (Å²) in [5, 5.41) is 4.83. The van der Waals surface area contributed by atoms with Crippen molar-refractivity contribution in [3.05, 3.63) is 91.4 Å². The van der Waals surface area contributed by atoms with Gasteiger partial charge in [0.2, 0.25) is 5.91 Å². The summed E-state index contributed by atoms with van der Waals surface area (Å²) in [7, 11) is 1.55. The number of amides is 1. The van der Waals surface area contributed by atoms with Gasteiger partial charge in [-0.05, 0) is 41.3 Å². The standard InChI is InChI=1S/C22H18ClN3O4S/c1-30-15-6-4-5-14(11-15)12-26-21(28)20-18(9-10-31-20)25(22(26)29)13-19(27)24-17-8-3-2-7-16(17)23/h2-11H,12-13H2,1H3,(H,24,27). The molecule has 4 aromatic rings. The summed E-state index contributed by atoms with van der Waals surface area (Å²) in [6, 6.07) is 15.7. The van der Waals surface area contributed by atoms with Crippen molar-refractivity contribution in [2.75, 3.05) is 12.4 Å². The third-order valence-electron chi connectivity index (χ3n) is 4.76. The van der Waals surface area contributed by atoms with E-state index in [-0.39, 0.29) is 18.6 Å². The Hall–Kier alpha value is -3.36. The normalized spacial score (nSPS) is 10.9. The van der Waals surface area contributed by atoms with Crippen molar-refractivity contribution in [2.24, 2.45) is 0 Å². The van der Waals surface area contributed by atoms with Crippen molar-refractivity contribution in [3.63, 3.8) is 0 Å². The number of hydrogen-bond donors (Lipinski definition) is 1. The molecule has 0 spiro atoms. The van der Waals surface area contributed by atoms with Crippen LogP contribution in [-0.2, 0) is 17.9 Å². The molecule has 2 heterocycles. The van der Waals surface area contributed by atoms with Crippen molar-refractivity contribution in [1.29, 1.82) is 0 Å². The summed E-state index contributed by atoms with van der Waals surface area (Å²) in [6.07, 6.45) is 0. The lowest BCUT2D eigenvalue weighted by molar-refractivity contribution is -0.116. The Morgan fingerprint density at radius 2 is 1.90 bits per heavy atom. The fourth-order valence-corrected chi connectivity index (χ4v) is 4.30. The lowest BCUT2D eigenvalue weighted by atomic mass is 10.2. The van der Waals surface area contributed by atoms with Gasteiger partial charge in [0.1, 0.15) is 17.0 Å². The van der Waals surface area contributed by atoms with Gasteiger partial charge in [-0.3, -0.25) is 18.7 Å². The number of methoxy groups -OCH3 is 1. The Kier molecular flexibility index (Phi) is 5.92. The number of benzene rings is 2. The first-order valence-corrected chi connectivity index (χ1v) is 10.6. The molecular formula is C22H18ClN3O4S. The number of thiophene rings is 1. The third-order valence-corrected chi connectivity index (χ3v) is 5.98. The molecule has 31 heavy (non-hydrogen) atoms. The average Bonchev–Trinajstić information content (AvgIpc) is 3.26. The predicted molar refractivity (Wildman–Crippen MR) is 123 cm³/mol. The summed E-state index contributed by atoms with van der Waals surface area (Å²) in [5.41, 5.74) is 0.666. The van der Waals surface area contributed by atoms with E-state index in [1.807, 2.05) is 6.07 Å². The van der Waals surface area contributed by atoms with E-state index in [4.69, 9.17) is 16.3 Å². The third kappa shape index (κ3) is 4.26. The molecule has 0 fully saturated rings. The van der Waals surface area contributed by atoms with E-state index in [0.717, 1.165) is 10.1 Å². The van der Waals surface area contributed by atoms with Gasteiger partial charge in [0.15, 0.2) is 0 Å². The number of nitrogens with zero attached hydrogens (tertiary/aromatic N) is 2. The smallest absolute Gasteiger partial charge is 0.332 e. The number of hydrogen-bond acceptors (Lipinski definition) is 5. The molecule has 0 aliphatic rings. The number of ether oxygens (including phenoxy) is 1. The average molecular weight is 456 g/mol. The van der Waals surface area contributed by atoms with Gasteiger partial charge >= 0.3 is 5.69 Å². The molecule has 4 rings (SSSR count). The van der Waals surface area contributed by atoms with Crippen LogP contribution in [0.1, 0.15) is 5.56 Å². The Morgan fingerprint density at radius 1 is 1.10 bits per heavy atom. The van der Waals surface area contributed by atoms with E-state index in [2.05, 4.69) is 5.32 Å². The molecule has 0 bridgehead atoms. The first-order valence-electron chi connectivity index (χ1n) is 9.36. The van der Waals surface area contributed by atoms with Gasteiger partial charge < -0.3 is 10.1 Å². The number of halogens is 1. The van der Waals surface area contributed by atoms with Crippen LogP contribution in [0.3, 0.4) is 0 Å². The number of carbonyl (C=O) groups is 1. The van der Waals surface area contributed by atoms with Crippen molar-refractivity contribution in [2.45, 2.75) is 13.1 Å². The quantitative estimate of drug-likeness (QED) is 0.482. The van der Waals surface area contributed by atoms with E-state index in [1.165, 1.54) is 15.9 Å². The maximum absolute atomic E-state index is 13.2. The highest BCUT2D eigenvalue weighted by atomic mass is 35.5. The number of carbonyl (C=O) groups excluding carboxylic acids is 1. The van der Waals surface area contributed by atoms with E-state index in [1.54, 1.807) is 61.0 Å². The van der Waals surface area contributed by atoms with Crippen LogP contribution in [0.4, 0.5) is 5.69 Å². The molecule has 0 aliphatic carbocycles. The summed E-state index contributed by atoms with van der Waals surface area (Å²) >= 11 is 7.34. The van der Waals surface area contributed by atoms with Crippen LogP contribution in [0.2, 0.25) is 5.02 Å². The van der Waals surface area contributed by atoms with Gasteiger partial charge in [-0.15, -0.1) is 11.3 Å². The lowest BCUT2D eigenvalue weighted by Crippen LogP contribution is -2.41. The van der Waals surface area contributed by atoms with Crippen LogP contribution >= 0.6 is 22.9 Å². The van der Waals surface area contributed by atoms with E-state index < -0.39 is 11.6 Å². The minimum absolute atomic E-state index is 0.0643. The zero-order chi connectivity index (χ0) is 22.0. The molecule has 2 aromatic heterocycles. The molecule has 0 radical (unpaired) electrons. The van der Waals surface area contributed by atoms with Crippen LogP contribution in [0.25, 0.3) is 10.2 Å². The van der Waals surface area contributed by atoms with E-state index in [0.29, 0.717) is 26.7 Å². The van der Waals surface area contributed by atoms with Gasteiger partial charge in [-0.1, -0.05) is 35.9 Å². The second-order valence-electron chi connectivity index (χ2n) is 6.77. The van der Waals surface area contributed by atoms with Crippen molar-refractivity contribution in [1.82, 2.24) is 9.13 Å². The summed E-state index contributed by atoms with van der Waals surface area (Å²) < 4.78 is 8.07. The highest BCUT2D eigenvalue weighted by Gasteiger charge is 2.17. The lowest BCUT2D eigenvalue weighted by Gasteiger charge is -2.13. The van der Waals surface area contributed by atoms with Gasteiger partial charge in [-0.2, -0.15) is 0 Å². The minimum Gasteiger partial charge on any atom is -0.497 e. The highest BCUT2D eigenvalue weighted by Crippen LogP contribution is 2.21. The van der Waals surface area contributed by atoms with Crippen molar-refractivity contribution < 1.29 is 9.53 Å². The second-order valence-corrected chi connectivity index (χ2v) is 8.10. The zero-order valence-electron chi connectivity index (χ0n) is 16.5. The summed E-state index contributed by atoms with van der Waals surface area (Å²) in [5.74, 6) is 0.205. The number of para-hydroxylation sites is 1. The Morgan fingerprint density at radius 3 is 2.68 bits per heavy atom. The van der Waals surface area contributed by atoms with Crippen LogP contribution in [0.15, 0.2) is 69.6 Å². The molecular weight excluding hydrogens is 438 g/mol. The molecule has 0 aliphatic heterocycles.